The molecular weight excluding hydrogens is 167 g/mol. The molecule has 0 aromatic heterocycles. The van der Waals surface area contributed by atoms with E-state index in [0.29, 0.717) is 5.56 Å². The molecule has 0 aliphatic carbocycles. The van der Waals surface area contributed by atoms with Crippen LogP contribution in [-0.4, -0.2) is 6.29 Å². The summed E-state index contributed by atoms with van der Waals surface area (Å²) in [5.74, 6) is -0.209. The molecule has 13 heavy (non-hydrogen) atoms. The smallest absolute Gasteiger partial charge is 0.202 e. The van der Waals surface area contributed by atoms with Crippen LogP contribution >= 0.6 is 0 Å². The van der Waals surface area contributed by atoms with Gasteiger partial charge in [0.2, 0.25) is 6.29 Å². The Hall–Kier alpha value is -1.44. The highest BCUT2D eigenvalue weighted by molar-refractivity contribution is 5.58. The number of aryl methyl sites for hydroxylation is 1. The molecule has 1 aromatic carbocycles. The SMILES string of the molecule is Cc1cc(/C=C/C[C]=O)ccc1F. The van der Waals surface area contributed by atoms with Gasteiger partial charge in [-0.2, -0.15) is 0 Å². The largest absolute Gasteiger partial charge is 0.291 e. The van der Waals surface area contributed by atoms with Gasteiger partial charge in [0.25, 0.3) is 0 Å². The van der Waals surface area contributed by atoms with Crippen LogP contribution in [0.4, 0.5) is 4.39 Å². The molecule has 0 N–H and O–H groups in total. The highest BCUT2D eigenvalue weighted by Crippen LogP contribution is 2.10. The topological polar surface area (TPSA) is 17.1 Å². The predicted octanol–water partition coefficient (Wildman–Crippen LogP) is 2.65. The highest BCUT2D eigenvalue weighted by atomic mass is 19.1. The highest BCUT2D eigenvalue weighted by Gasteiger charge is 1.95. The fraction of sp³-hybridized carbons (Fsp3) is 0.182. The van der Waals surface area contributed by atoms with Crippen molar-refractivity contribution in [2.24, 2.45) is 0 Å². The third-order valence-corrected chi connectivity index (χ3v) is 1.69. The maximum atomic E-state index is 12.8. The van der Waals surface area contributed by atoms with Crippen molar-refractivity contribution < 1.29 is 9.18 Å². The quantitative estimate of drug-likeness (QED) is 0.693. The number of rotatable bonds is 3. The van der Waals surface area contributed by atoms with Crippen molar-refractivity contribution in [1.82, 2.24) is 0 Å². The molecule has 0 saturated carbocycles. The zero-order valence-electron chi connectivity index (χ0n) is 7.38. The first-order valence-electron chi connectivity index (χ1n) is 4.01. The van der Waals surface area contributed by atoms with Crippen LogP contribution < -0.4 is 0 Å². The van der Waals surface area contributed by atoms with Gasteiger partial charge in [-0.25, -0.2) is 4.39 Å². The van der Waals surface area contributed by atoms with E-state index in [1.807, 2.05) is 0 Å². The summed E-state index contributed by atoms with van der Waals surface area (Å²) in [7, 11) is 0. The van der Waals surface area contributed by atoms with Gasteiger partial charge < -0.3 is 0 Å². The van der Waals surface area contributed by atoms with Gasteiger partial charge in [0.05, 0.1) is 0 Å². The average Bonchev–Trinajstić information content (AvgIpc) is 2.12. The van der Waals surface area contributed by atoms with Crippen LogP contribution in [-0.2, 0) is 4.79 Å². The summed E-state index contributed by atoms with van der Waals surface area (Å²) in [6.07, 6.45) is 5.50. The van der Waals surface area contributed by atoms with Crippen LogP contribution in [0.2, 0.25) is 0 Å². The maximum Gasteiger partial charge on any atom is 0.202 e. The molecule has 0 aliphatic heterocycles. The van der Waals surface area contributed by atoms with E-state index in [1.54, 1.807) is 37.5 Å². The van der Waals surface area contributed by atoms with Gasteiger partial charge in [-0.05, 0) is 30.2 Å². The molecule has 0 heterocycles. The summed E-state index contributed by atoms with van der Waals surface area (Å²) in [6, 6.07) is 4.82. The first kappa shape index (κ1) is 9.65. The van der Waals surface area contributed by atoms with E-state index in [0.717, 1.165) is 5.56 Å². The fourth-order valence-corrected chi connectivity index (χ4v) is 1.01. The van der Waals surface area contributed by atoms with E-state index in [9.17, 15) is 9.18 Å². The van der Waals surface area contributed by atoms with Crippen molar-refractivity contribution in [2.45, 2.75) is 13.3 Å². The van der Waals surface area contributed by atoms with E-state index in [4.69, 9.17) is 0 Å². The van der Waals surface area contributed by atoms with Gasteiger partial charge in [-0.1, -0.05) is 18.2 Å². The maximum absolute atomic E-state index is 12.8. The summed E-state index contributed by atoms with van der Waals surface area (Å²) in [4.78, 5) is 9.88. The minimum Gasteiger partial charge on any atom is -0.291 e. The lowest BCUT2D eigenvalue weighted by Gasteiger charge is -1.97. The molecule has 0 amide bonds. The lowest BCUT2D eigenvalue weighted by atomic mass is 10.1. The van der Waals surface area contributed by atoms with Crippen LogP contribution in [0.25, 0.3) is 6.08 Å². The summed E-state index contributed by atoms with van der Waals surface area (Å²) < 4.78 is 12.8. The first-order valence-corrected chi connectivity index (χ1v) is 4.01. The van der Waals surface area contributed by atoms with E-state index in [2.05, 4.69) is 0 Å². The number of allylic oxidation sites excluding steroid dienone is 1. The zero-order valence-corrected chi connectivity index (χ0v) is 7.38. The Bertz CT molecular complexity index is 329. The molecule has 0 unspecified atom stereocenters. The molecule has 0 spiro atoms. The van der Waals surface area contributed by atoms with Crippen LogP contribution in [0.3, 0.4) is 0 Å². The first-order chi connectivity index (χ1) is 6.24. The Balaban J connectivity index is 2.79. The van der Waals surface area contributed by atoms with Gasteiger partial charge in [0.1, 0.15) is 5.82 Å². The van der Waals surface area contributed by atoms with Gasteiger partial charge >= 0.3 is 0 Å². The van der Waals surface area contributed by atoms with E-state index >= 15 is 0 Å². The molecule has 0 fully saturated rings. The minimum atomic E-state index is -0.209. The van der Waals surface area contributed by atoms with Crippen molar-refractivity contribution in [1.29, 1.82) is 0 Å². The molecule has 1 aromatic rings. The monoisotopic (exact) mass is 177 g/mol. The molecule has 0 aliphatic rings. The Kier molecular flexibility index (Phi) is 3.38. The lowest BCUT2D eigenvalue weighted by molar-refractivity contribution is 0.556. The lowest BCUT2D eigenvalue weighted by Crippen LogP contribution is -1.82. The van der Waals surface area contributed by atoms with Crippen LogP contribution in [0.1, 0.15) is 17.5 Å². The normalized spacial score (nSPS) is 10.6. The van der Waals surface area contributed by atoms with Crippen LogP contribution in [0.15, 0.2) is 24.3 Å². The molecule has 2 heteroatoms. The Labute approximate surface area is 76.9 Å². The molecule has 0 atom stereocenters. The Morgan fingerprint density at radius 3 is 2.92 bits per heavy atom. The average molecular weight is 177 g/mol. The van der Waals surface area contributed by atoms with Crippen molar-refractivity contribution in [3.8, 4) is 0 Å². The predicted molar refractivity (Wildman–Crippen MR) is 50.5 cm³/mol. The van der Waals surface area contributed by atoms with Crippen LogP contribution in [0.5, 0.6) is 0 Å². The van der Waals surface area contributed by atoms with Gasteiger partial charge in [0, 0.05) is 6.42 Å². The van der Waals surface area contributed by atoms with Gasteiger partial charge in [0.15, 0.2) is 0 Å². The van der Waals surface area contributed by atoms with E-state index in [1.165, 1.54) is 6.07 Å². The van der Waals surface area contributed by atoms with Crippen molar-refractivity contribution in [3.05, 3.63) is 41.2 Å². The molecule has 1 rings (SSSR count). The number of halogens is 1. The molecule has 67 valence electrons. The molecule has 1 nitrogen and oxygen atoms in total. The number of carbonyl (C=O) groups excluding carboxylic acids is 1. The second-order valence-electron chi connectivity index (χ2n) is 2.76. The summed E-state index contributed by atoms with van der Waals surface area (Å²) in [5, 5.41) is 0. The molecule has 0 bridgehead atoms. The second kappa shape index (κ2) is 4.55. The Morgan fingerprint density at radius 2 is 2.31 bits per heavy atom. The minimum absolute atomic E-state index is 0.209. The molecule has 0 saturated heterocycles. The summed E-state index contributed by atoms with van der Waals surface area (Å²) in [5.41, 5.74) is 1.51. The molecule has 1 radical (unpaired) electrons. The number of benzene rings is 1. The fourth-order valence-electron chi connectivity index (χ4n) is 1.01. The number of hydrogen-bond donors (Lipinski definition) is 0. The molecular formula is C11H10FO. The van der Waals surface area contributed by atoms with Gasteiger partial charge in [-0.15, -0.1) is 0 Å². The third-order valence-electron chi connectivity index (χ3n) is 1.69. The zero-order chi connectivity index (χ0) is 9.68. The third kappa shape index (κ3) is 2.82. The van der Waals surface area contributed by atoms with E-state index in [-0.39, 0.29) is 12.2 Å². The van der Waals surface area contributed by atoms with Crippen molar-refractivity contribution in [3.63, 3.8) is 0 Å². The van der Waals surface area contributed by atoms with E-state index < -0.39 is 0 Å². The summed E-state index contributed by atoms with van der Waals surface area (Å²) >= 11 is 0. The summed E-state index contributed by atoms with van der Waals surface area (Å²) in [6.45, 7) is 1.71. The standard InChI is InChI=1S/C11H10FO/c1-9-8-10(4-2-3-7-13)5-6-11(9)12/h2,4-6,8H,3H2,1H3/b4-2+. The van der Waals surface area contributed by atoms with Crippen LogP contribution in [0, 0.1) is 12.7 Å². The second-order valence-corrected chi connectivity index (χ2v) is 2.76. The van der Waals surface area contributed by atoms with Crippen molar-refractivity contribution in [2.75, 3.05) is 0 Å². The number of hydrogen-bond acceptors (Lipinski definition) is 1. The van der Waals surface area contributed by atoms with Crippen molar-refractivity contribution >= 4 is 12.4 Å². The Morgan fingerprint density at radius 1 is 1.54 bits per heavy atom. The van der Waals surface area contributed by atoms with Gasteiger partial charge in [-0.3, -0.25) is 4.79 Å².